The number of anilines is 1. The maximum atomic E-state index is 13.2. The van der Waals surface area contributed by atoms with Gasteiger partial charge in [-0.3, -0.25) is 14.5 Å². The van der Waals surface area contributed by atoms with E-state index in [4.69, 9.17) is 9.47 Å². The number of carbonyl (C=O) groups excluding carboxylic acids is 3. The van der Waals surface area contributed by atoms with Crippen LogP contribution < -0.4 is 20.1 Å². The molecule has 3 rings (SSSR count). The molecule has 0 aliphatic carbocycles. The van der Waals surface area contributed by atoms with Gasteiger partial charge in [-0.2, -0.15) is 0 Å². The Bertz CT molecular complexity index is 963. The molecule has 1 aliphatic rings. The number of benzene rings is 2. The van der Waals surface area contributed by atoms with Crippen LogP contribution in [0.15, 0.2) is 48.5 Å². The quantitative estimate of drug-likeness (QED) is 0.601. The van der Waals surface area contributed by atoms with Crippen molar-refractivity contribution in [1.82, 2.24) is 10.2 Å². The maximum Gasteiger partial charge on any atom is 0.325 e. The summed E-state index contributed by atoms with van der Waals surface area (Å²) in [6.45, 7) is 6.00. The minimum absolute atomic E-state index is 0.366. The molecule has 0 spiro atoms. The Morgan fingerprint density at radius 2 is 1.74 bits per heavy atom. The normalized spacial score (nSPS) is 18.0. The fourth-order valence-corrected chi connectivity index (χ4v) is 3.61. The van der Waals surface area contributed by atoms with Crippen LogP contribution in [0.1, 0.15) is 32.8 Å². The lowest BCUT2D eigenvalue weighted by molar-refractivity contribution is -0.134. The van der Waals surface area contributed by atoms with Gasteiger partial charge in [0.15, 0.2) is 0 Å². The zero-order valence-electron chi connectivity index (χ0n) is 17.9. The van der Waals surface area contributed by atoms with Crippen molar-refractivity contribution in [2.45, 2.75) is 32.7 Å². The molecule has 0 bridgehead atoms. The van der Waals surface area contributed by atoms with Crippen molar-refractivity contribution in [3.05, 3.63) is 54.1 Å². The number of nitrogens with one attached hydrogen (secondary N) is 2. The molecule has 8 nitrogen and oxygen atoms in total. The van der Waals surface area contributed by atoms with Gasteiger partial charge in [-0.25, -0.2) is 4.79 Å². The first-order chi connectivity index (χ1) is 14.9. The topological polar surface area (TPSA) is 97.0 Å². The van der Waals surface area contributed by atoms with E-state index < -0.39 is 29.9 Å². The summed E-state index contributed by atoms with van der Waals surface area (Å²) in [5, 5.41) is 5.50. The minimum Gasteiger partial charge on any atom is -0.494 e. The average Bonchev–Trinajstić information content (AvgIpc) is 3.01. The van der Waals surface area contributed by atoms with Crippen LogP contribution in [0.3, 0.4) is 0 Å². The van der Waals surface area contributed by atoms with Crippen LogP contribution in [-0.4, -0.2) is 42.5 Å². The van der Waals surface area contributed by atoms with E-state index in [1.807, 2.05) is 39.0 Å². The van der Waals surface area contributed by atoms with Gasteiger partial charge in [-0.1, -0.05) is 37.3 Å². The van der Waals surface area contributed by atoms with E-state index in [0.717, 1.165) is 4.90 Å². The van der Waals surface area contributed by atoms with Gasteiger partial charge in [0.25, 0.3) is 5.91 Å². The van der Waals surface area contributed by atoms with Crippen LogP contribution in [0.2, 0.25) is 0 Å². The van der Waals surface area contributed by atoms with Crippen molar-refractivity contribution in [1.29, 1.82) is 0 Å². The molecule has 1 aliphatic heterocycles. The fraction of sp³-hybridized carbons (Fsp3) is 0.348. The van der Waals surface area contributed by atoms with E-state index in [0.29, 0.717) is 42.4 Å². The SMILES string of the molecule is CCOc1ccc(OCC)c(NC(=O)CN2C(=O)NC(CC)(c3ccccc3)C2=O)c1. The highest BCUT2D eigenvalue weighted by Crippen LogP contribution is 2.33. The van der Waals surface area contributed by atoms with Gasteiger partial charge in [0.05, 0.1) is 18.9 Å². The Balaban J connectivity index is 1.79. The first-order valence-electron chi connectivity index (χ1n) is 10.3. The number of amides is 4. The number of nitrogens with zero attached hydrogens (tertiary/aromatic N) is 1. The van der Waals surface area contributed by atoms with Crippen molar-refractivity contribution < 1.29 is 23.9 Å². The van der Waals surface area contributed by atoms with E-state index >= 15 is 0 Å². The third-order valence-corrected chi connectivity index (χ3v) is 5.11. The van der Waals surface area contributed by atoms with Crippen molar-refractivity contribution in [3.8, 4) is 11.5 Å². The molecule has 2 N–H and O–H groups in total. The van der Waals surface area contributed by atoms with E-state index in [-0.39, 0.29) is 0 Å². The highest BCUT2D eigenvalue weighted by Gasteiger charge is 2.51. The number of urea groups is 1. The average molecular weight is 425 g/mol. The largest absolute Gasteiger partial charge is 0.494 e. The maximum absolute atomic E-state index is 13.2. The predicted octanol–water partition coefficient (Wildman–Crippen LogP) is 3.28. The molecule has 8 heteroatoms. The number of carbonyl (C=O) groups is 3. The van der Waals surface area contributed by atoms with Crippen molar-refractivity contribution in [2.24, 2.45) is 0 Å². The first-order valence-corrected chi connectivity index (χ1v) is 10.3. The molecule has 0 radical (unpaired) electrons. The lowest BCUT2D eigenvalue weighted by Crippen LogP contribution is -2.44. The molecule has 2 aromatic rings. The van der Waals surface area contributed by atoms with E-state index in [2.05, 4.69) is 10.6 Å². The summed E-state index contributed by atoms with van der Waals surface area (Å²) in [4.78, 5) is 39.5. The predicted molar refractivity (Wildman–Crippen MR) is 116 cm³/mol. The van der Waals surface area contributed by atoms with Crippen LogP contribution in [0.5, 0.6) is 11.5 Å². The summed E-state index contributed by atoms with van der Waals surface area (Å²) < 4.78 is 11.0. The Hall–Kier alpha value is -3.55. The molecule has 2 aromatic carbocycles. The van der Waals surface area contributed by atoms with Gasteiger partial charge >= 0.3 is 6.03 Å². The molecule has 31 heavy (non-hydrogen) atoms. The zero-order valence-corrected chi connectivity index (χ0v) is 17.9. The molecule has 164 valence electrons. The zero-order chi connectivity index (χ0) is 22.4. The molecular weight excluding hydrogens is 398 g/mol. The van der Waals surface area contributed by atoms with Crippen molar-refractivity contribution in [3.63, 3.8) is 0 Å². The molecule has 1 heterocycles. The second-order valence-corrected chi connectivity index (χ2v) is 7.02. The van der Waals surface area contributed by atoms with Crippen LogP contribution in [0.25, 0.3) is 0 Å². The minimum atomic E-state index is -1.18. The Morgan fingerprint density at radius 3 is 2.39 bits per heavy atom. The molecule has 1 fully saturated rings. The van der Waals surface area contributed by atoms with Crippen LogP contribution in [0, 0.1) is 0 Å². The third-order valence-electron chi connectivity index (χ3n) is 5.11. The van der Waals surface area contributed by atoms with Gasteiger partial charge in [0.2, 0.25) is 5.91 Å². The molecule has 0 saturated carbocycles. The number of hydrogen-bond acceptors (Lipinski definition) is 5. The standard InChI is InChI=1S/C23H27N3O5/c1-4-23(16-10-8-7-9-11-16)21(28)26(22(29)25-23)15-20(27)24-18-14-17(30-5-2)12-13-19(18)31-6-3/h7-14H,4-6,15H2,1-3H3,(H,24,27)(H,25,29). The Kier molecular flexibility index (Phi) is 6.79. The molecule has 4 amide bonds. The van der Waals surface area contributed by atoms with Gasteiger partial charge in [-0.05, 0) is 38.0 Å². The molecular formula is C23H27N3O5. The highest BCUT2D eigenvalue weighted by atomic mass is 16.5. The Morgan fingerprint density at radius 1 is 1.03 bits per heavy atom. The van der Waals surface area contributed by atoms with E-state index in [9.17, 15) is 14.4 Å². The van der Waals surface area contributed by atoms with Gasteiger partial charge < -0.3 is 20.1 Å². The van der Waals surface area contributed by atoms with Crippen molar-refractivity contribution >= 4 is 23.5 Å². The second-order valence-electron chi connectivity index (χ2n) is 7.02. The van der Waals surface area contributed by atoms with Gasteiger partial charge in [-0.15, -0.1) is 0 Å². The van der Waals surface area contributed by atoms with Gasteiger partial charge in [0, 0.05) is 6.07 Å². The summed E-state index contributed by atoms with van der Waals surface area (Å²) in [5.74, 6) is 0.0848. The fourth-order valence-electron chi connectivity index (χ4n) is 3.61. The number of ether oxygens (including phenoxy) is 2. The third kappa shape index (κ3) is 4.47. The lowest BCUT2D eigenvalue weighted by Gasteiger charge is -2.25. The molecule has 0 aromatic heterocycles. The highest BCUT2D eigenvalue weighted by molar-refractivity contribution is 6.10. The summed E-state index contributed by atoms with van der Waals surface area (Å²) in [5.41, 5.74) is -0.0826. The van der Waals surface area contributed by atoms with Crippen LogP contribution in [-0.2, 0) is 15.1 Å². The smallest absolute Gasteiger partial charge is 0.325 e. The monoisotopic (exact) mass is 425 g/mol. The summed E-state index contributed by atoms with van der Waals surface area (Å²) in [6.07, 6.45) is 0.366. The van der Waals surface area contributed by atoms with Gasteiger partial charge in [0.1, 0.15) is 23.6 Å². The summed E-state index contributed by atoms with van der Waals surface area (Å²) in [7, 11) is 0. The summed E-state index contributed by atoms with van der Waals surface area (Å²) >= 11 is 0. The van der Waals surface area contributed by atoms with Crippen molar-refractivity contribution in [2.75, 3.05) is 25.1 Å². The van der Waals surface area contributed by atoms with E-state index in [1.165, 1.54) is 0 Å². The Labute approximate surface area is 181 Å². The lowest BCUT2D eigenvalue weighted by atomic mass is 9.87. The first kappa shape index (κ1) is 22.1. The molecule has 1 saturated heterocycles. The molecule has 1 unspecified atom stereocenters. The van der Waals surface area contributed by atoms with Crippen LogP contribution >= 0.6 is 0 Å². The van der Waals surface area contributed by atoms with Crippen LogP contribution in [0.4, 0.5) is 10.5 Å². The number of imide groups is 1. The number of hydrogen-bond donors (Lipinski definition) is 2. The summed E-state index contributed by atoms with van der Waals surface area (Å²) in [6, 6.07) is 13.5. The van der Waals surface area contributed by atoms with E-state index in [1.54, 1.807) is 30.3 Å². The number of rotatable bonds is 9. The molecule has 1 atom stereocenters. The second kappa shape index (κ2) is 9.51.